The van der Waals surface area contributed by atoms with Gasteiger partial charge in [0, 0.05) is 25.2 Å². The fourth-order valence-corrected chi connectivity index (χ4v) is 1.75. The maximum atomic E-state index is 11.8. The minimum atomic E-state index is -0.0597. The maximum Gasteiger partial charge on any atom is 0.317 e. The molecule has 0 fully saturated rings. The number of hydrogen-bond acceptors (Lipinski definition) is 1. The second-order valence-electron chi connectivity index (χ2n) is 4.86. The van der Waals surface area contributed by atoms with Crippen molar-refractivity contribution in [1.82, 2.24) is 10.2 Å². The van der Waals surface area contributed by atoms with Crippen LogP contribution in [0.2, 0.25) is 5.02 Å². The van der Waals surface area contributed by atoms with E-state index in [4.69, 9.17) is 11.6 Å². The van der Waals surface area contributed by atoms with Crippen LogP contribution in [0.5, 0.6) is 0 Å². The third-order valence-corrected chi connectivity index (χ3v) is 3.08. The quantitative estimate of drug-likeness (QED) is 0.871. The Hall–Kier alpha value is -1.22. The summed E-state index contributed by atoms with van der Waals surface area (Å²) in [6.07, 6.45) is 0.992. The molecule has 0 unspecified atom stereocenters. The van der Waals surface area contributed by atoms with E-state index in [0.717, 1.165) is 12.0 Å². The van der Waals surface area contributed by atoms with E-state index in [1.807, 2.05) is 24.3 Å². The van der Waals surface area contributed by atoms with Crippen molar-refractivity contribution in [3.63, 3.8) is 0 Å². The summed E-state index contributed by atoms with van der Waals surface area (Å²) >= 11 is 6.06. The molecule has 0 bridgehead atoms. The van der Waals surface area contributed by atoms with Gasteiger partial charge in [0.25, 0.3) is 0 Å². The Morgan fingerprint density at radius 1 is 1.39 bits per heavy atom. The van der Waals surface area contributed by atoms with E-state index in [1.54, 1.807) is 11.9 Å². The molecule has 0 aliphatic carbocycles. The summed E-state index contributed by atoms with van der Waals surface area (Å²) in [4.78, 5) is 13.5. The Morgan fingerprint density at radius 3 is 2.67 bits per heavy atom. The second-order valence-corrected chi connectivity index (χ2v) is 5.27. The lowest BCUT2D eigenvalue weighted by Crippen LogP contribution is -2.37. The average molecular weight is 269 g/mol. The zero-order valence-electron chi connectivity index (χ0n) is 11.2. The Balaban J connectivity index is 2.43. The van der Waals surface area contributed by atoms with Gasteiger partial charge in [-0.3, -0.25) is 0 Å². The van der Waals surface area contributed by atoms with Crippen LogP contribution >= 0.6 is 11.6 Å². The van der Waals surface area contributed by atoms with Gasteiger partial charge in [0.05, 0.1) is 0 Å². The summed E-state index contributed by atoms with van der Waals surface area (Å²) in [6, 6.07) is 7.51. The van der Waals surface area contributed by atoms with Gasteiger partial charge in [-0.2, -0.15) is 0 Å². The second kappa shape index (κ2) is 7.27. The number of halogens is 1. The summed E-state index contributed by atoms with van der Waals surface area (Å²) in [5, 5.41) is 3.59. The third kappa shape index (κ3) is 4.96. The zero-order chi connectivity index (χ0) is 13.5. The van der Waals surface area contributed by atoms with Gasteiger partial charge in [-0.25, -0.2) is 4.79 Å². The Labute approximate surface area is 114 Å². The molecule has 0 aromatic heterocycles. The van der Waals surface area contributed by atoms with Gasteiger partial charge in [-0.05, 0) is 24.0 Å². The highest BCUT2D eigenvalue weighted by Gasteiger charge is 2.10. The van der Waals surface area contributed by atoms with Gasteiger partial charge in [-0.1, -0.05) is 43.6 Å². The summed E-state index contributed by atoms with van der Waals surface area (Å²) in [7, 11) is 1.77. The van der Waals surface area contributed by atoms with Crippen LogP contribution in [0.1, 0.15) is 25.8 Å². The molecule has 0 spiro atoms. The number of urea groups is 1. The minimum absolute atomic E-state index is 0.0597. The summed E-state index contributed by atoms with van der Waals surface area (Å²) < 4.78 is 0. The molecule has 0 atom stereocenters. The summed E-state index contributed by atoms with van der Waals surface area (Å²) in [6.45, 7) is 5.51. The van der Waals surface area contributed by atoms with Crippen molar-refractivity contribution in [2.45, 2.75) is 26.8 Å². The lowest BCUT2D eigenvalue weighted by atomic mass is 10.1. The highest BCUT2D eigenvalue weighted by molar-refractivity contribution is 6.31. The standard InChI is InChI=1S/C14H21ClN2O/c1-11(2)8-9-16-14(18)17(3)10-12-6-4-5-7-13(12)15/h4-7,11H,8-10H2,1-3H3,(H,16,18). The van der Waals surface area contributed by atoms with Gasteiger partial charge < -0.3 is 10.2 Å². The Morgan fingerprint density at radius 2 is 2.06 bits per heavy atom. The lowest BCUT2D eigenvalue weighted by molar-refractivity contribution is 0.206. The first-order valence-electron chi connectivity index (χ1n) is 6.23. The van der Waals surface area contributed by atoms with Crippen molar-refractivity contribution in [2.75, 3.05) is 13.6 Å². The summed E-state index contributed by atoms with van der Waals surface area (Å²) in [5.41, 5.74) is 0.959. The molecule has 1 N–H and O–H groups in total. The monoisotopic (exact) mass is 268 g/mol. The average Bonchev–Trinajstić information content (AvgIpc) is 2.31. The molecule has 2 amide bonds. The summed E-state index contributed by atoms with van der Waals surface area (Å²) in [5.74, 6) is 0.596. The topological polar surface area (TPSA) is 32.3 Å². The van der Waals surface area contributed by atoms with Crippen LogP contribution in [0, 0.1) is 5.92 Å². The van der Waals surface area contributed by atoms with Crippen LogP contribution in [0.15, 0.2) is 24.3 Å². The Bertz CT molecular complexity index is 393. The molecule has 3 nitrogen and oxygen atoms in total. The predicted molar refractivity (Wildman–Crippen MR) is 75.8 cm³/mol. The van der Waals surface area contributed by atoms with Crippen LogP contribution in [0.4, 0.5) is 4.79 Å². The molecule has 100 valence electrons. The van der Waals surface area contributed by atoms with E-state index in [-0.39, 0.29) is 6.03 Å². The van der Waals surface area contributed by atoms with Crippen molar-refractivity contribution < 1.29 is 4.79 Å². The molecule has 0 saturated carbocycles. The van der Waals surface area contributed by atoms with Crippen LogP contribution in [0.3, 0.4) is 0 Å². The molecule has 0 aliphatic rings. The fraction of sp³-hybridized carbons (Fsp3) is 0.500. The predicted octanol–water partition coefficient (Wildman–Crippen LogP) is 3.53. The molecule has 1 aromatic rings. The molecule has 1 rings (SSSR count). The molecular weight excluding hydrogens is 248 g/mol. The highest BCUT2D eigenvalue weighted by Crippen LogP contribution is 2.16. The van der Waals surface area contributed by atoms with Crippen LogP contribution in [-0.2, 0) is 6.54 Å². The number of carbonyl (C=O) groups excluding carboxylic acids is 1. The number of nitrogens with zero attached hydrogens (tertiary/aromatic N) is 1. The van der Waals surface area contributed by atoms with E-state index >= 15 is 0 Å². The van der Waals surface area contributed by atoms with Crippen molar-refractivity contribution in [3.05, 3.63) is 34.9 Å². The molecule has 18 heavy (non-hydrogen) atoms. The minimum Gasteiger partial charge on any atom is -0.338 e. The first kappa shape index (κ1) is 14.8. The van der Waals surface area contributed by atoms with E-state index in [1.165, 1.54) is 0 Å². The molecule has 0 radical (unpaired) electrons. The van der Waals surface area contributed by atoms with Gasteiger partial charge in [-0.15, -0.1) is 0 Å². The first-order chi connectivity index (χ1) is 8.50. The first-order valence-corrected chi connectivity index (χ1v) is 6.61. The van der Waals surface area contributed by atoms with Gasteiger partial charge in [0.2, 0.25) is 0 Å². The number of hydrogen-bond donors (Lipinski definition) is 1. The molecule has 1 aromatic carbocycles. The van der Waals surface area contributed by atoms with Gasteiger partial charge in [0.1, 0.15) is 0 Å². The maximum absolute atomic E-state index is 11.8. The zero-order valence-corrected chi connectivity index (χ0v) is 12.0. The van der Waals surface area contributed by atoms with Crippen molar-refractivity contribution in [2.24, 2.45) is 5.92 Å². The van der Waals surface area contributed by atoms with Gasteiger partial charge in [0.15, 0.2) is 0 Å². The number of carbonyl (C=O) groups is 1. The smallest absolute Gasteiger partial charge is 0.317 e. The SMILES string of the molecule is CC(C)CCNC(=O)N(C)Cc1ccccc1Cl. The number of benzene rings is 1. The fourth-order valence-electron chi connectivity index (χ4n) is 1.56. The van der Waals surface area contributed by atoms with Crippen molar-refractivity contribution >= 4 is 17.6 Å². The number of nitrogens with one attached hydrogen (secondary N) is 1. The lowest BCUT2D eigenvalue weighted by Gasteiger charge is -2.19. The van der Waals surface area contributed by atoms with E-state index in [2.05, 4.69) is 19.2 Å². The molecular formula is C14H21ClN2O. The number of rotatable bonds is 5. The Kier molecular flexibility index (Phi) is 5.99. The number of amides is 2. The third-order valence-electron chi connectivity index (χ3n) is 2.71. The highest BCUT2D eigenvalue weighted by atomic mass is 35.5. The normalized spacial score (nSPS) is 10.5. The van der Waals surface area contributed by atoms with Crippen molar-refractivity contribution in [3.8, 4) is 0 Å². The van der Waals surface area contributed by atoms with Gasteiger partial charge >= 0.3 is 6.03 Å². The van der Waals surface area contributed by atoms with E-state index in [9.17, 15) is 4.79 Å². The molecule has 0 heterocycles. The van der Waals surface area contributed by atoms with E-state index in [0.29, 0.717) is 24.0 Å². The molecule has 0 saturated heterocycles. The largest absolute Gasteiger partial charge is 0.338 e. The van der Waals surface area contributed by atoms with Crippen molar-refractivity contribution in [1.29, 1.82) is 0 Å². The van der Waals surface area contributed by atoms with Crippen LogP contribution < -0.4 is 5.32 Å². The van der Waals surface area contributed by atoms with Crippen LogP contribution in [0.25, 0.3) is 0 Å². The van der Waals surface area contributed by atoms with E-state index < -0.39 is 0 Å². The molecule has 4 heteroatoms. The molecule has 0 aliphatic heterocycles. The van der Waals surface area contributed by atoms with Crippen LogP contribution in [-0.4, -0.2) is 24.5 Å².